The van der Waals surface area contributed by atoms with Crippen molar-refractivity contribution in [2.24, 2.45) is 0 Å². The third kappa shape index (κ3) is 5.84. The first-order valence-electron chi connectivity index (χ1n) is 6.19. The number of aryl methyl sites for hydroxylation is 1. The van der Waals surface area contributed by atoms with E-state index in [0.29, 0.717) is 6.42 Å². The zero-order chi connectivity index (χ0) is 12.7. The van der Waals surface area contributed by atoms with Crippen molar-refractivity contribution in [1.82, 2.24) is 10.6 Å². The molecule has 0 saturated carbocycles. The lowest BCUT2D eigenvalue weighted by atomic mass is 10.3. The quantitative estimate of drug-likeness (QED) is 0.733. The van der Waals surface area contributed by atoms with Gasteiger partial charge in [0.15, 0.2) is 0 Å². The molecule has 1 amide bonds. The first-order valence-corrected chi connectivity index (χ1v) is 7.01. The Morgan fingerprint density at radius 1 is 1.35 bits per heavy atom. The van der Waals surface area contributed by atoms with Crippen molar-refractivity contribution >= 4 is 17.2 Å². The molecule has 0 aliphatic carbocycles. The summed E-state index contributed by atoms with van der Waals surface area (Å²) in [6.07, 6.45) is 1.64. The van der Waals surface area contributed by atoms with E-state index in [-0.39, 0.29) is 11.9 Å². The summed E-state index contributed by atoms with van der Waals surface area (Å²) in [5.41, 5.74) is 0. The van der Waals surface area contributed by atoms with Crippen molar-refractivity contribution in [3.8, 4) is 0 Å². The van der Waals surface area contributed by atoms with Crippen LogP contribution in [0.2, 0.25) is 0 Å². The zero-order valence-corrected chi connectivity index (χ0v) is 11.7. The molecule has 2 N–H and O–H groups in total. The highest BCUT2D eigenvalue weighted by Crippen LogP contribution is 2.16. The number of hydrogen-bond acceptors (Lipinski definition) is 3. The molecule has 17 heavy (non-hydrogen) atoms. The van der Waals surface area contributed by atoms with Crippen LogP contribution in [-0.4, -0.2) is 18.5 Å². The maximum atomic E-state index is 11.4. The van der Waals surface area contributed by atoms with Crippen molar-refractivity contribution < 1.29 is 4.79 Å². The van der Waals surface area contributed by atoms with Gasteiger partial charge in [-0.05, 0) is 32.4 Å². The van der Waals surface area contributed by atoms with E-state index >= 15 is 0 Å². The molecule has 4 heteroatoms. The van der Waals surface area contributed by atoms with Gasteiger partial charge in [0, 0.05) is 35.3 Å². The van der Waals surface area contributed by atoms with E-state index in [1.165, 1.54) is 9.75 Å². The second-order valence-electron chi connectivity index (χ2n) is 4.37. The van der Waals surface area contributed by atoms with Gasteiger partial charge in [0.2, 0.25) is 5.91 Å². The van der Waals surface area contributed by atoms with Crippen LogP contribution in [-0.2, 0) is 17.8 Å². The van der Waals surface area contributed by atoms with Crippen LogP contribution in [0.5, 0.6) is 0 Å². The Labute approximate surface area is 108 Å². The van der Waals surface area contributed by atoms with Gasteiger partial charge in [0.1, 0.15) is 0 Å². The predicted molar refractivity (Wildman–Crippen MR) is 73.3 cm³/mol. The second kappa shape index (κ2) is 7.45. The van der Waals surface area contributed by atoms with Gasteiger partial charge in [-0.15, -0.1) is 11.3 Å². The molecule has 3 nitrogen and oxygen atoms in total. The number of hydrogen-bond donors (Lipinski definition) is 2. The minimum Gasteiger partial charge on any atom is -0.354 e. The lowest BCUT2D eigenvalue weighted by Gasteiger charge is -2.08. The molecular weight excluding hydrogens is 232 g/mol. The fraction of sp³-hybridized carbons (Fsp3) is 0.615. The van der Waals surface area contributed by atoms with E-state index < -0.39 is 0 Å². The molecule has 0 aliphatic heterocycles. The summed E-state index contributed by atoms with van der Waals surface area (Å²) in [7, 11) is 0. The minimum absolute atomic E-state index is 0.118. The van der Waals surface area contributed by atoms with Gasteiger partial charge >= 0.3 is 0 Å². The lowest BCUT2D eigenvalue weighted by Crippen LogP contribution is -2.32. The largest absolute Gasteiger partial charge is 0.354 e. The number of rotatable bonds is 7. The van der Waals surface area contributed by atoms with Gasteiger partial charge in [0.25, 0.3) is 0 Å². The second-order valence-corrected chi connectivity index (χ2v) is 5.62. The highest BCUT2D eigenvalue weighted by Gasteiger charge is 2.03. The standard InChI is InChI=1S/C13H22N2OS/c1-4-11-5-6-12(17-11)9-14-8-7-13(16)15-10(2)3/h5-6,10,14H,4,7-9H2,1-3H3,(H,15,16). The molecule has 0 fully saturated rings. The highest BCUT2D eigenvalue weighted by atomic mass is 32.1. The number of carbonyl (C=O) groups excluding carboxylic acids is 1. The number of nitrogens with one attached hydrogen (secondary N) is 2. The van der Waals surface area contributed by atoms with Crippen LogP contribution in [0.3, 0.4) is 0 Å². The first kappa shape index (κ1) is 14.2. The highest BCUT2D eigenvalue weighted by molar-refractivity contribution is 7.11. The molecule has 0 saturated heterocycles. The van der Waals surface area contributed by atoms with E-state index in [9.17, 15) is 4.79 Å². The van der Waals surface area contributed by atoms with Crippen LogP contribution in [0.4, 0.5) is 0 Å². The van der Waals surface area contributed by atoms with Crippen molar-refractivity contribution in [2.75, 3.05) is 6.54 Å². The van der Waals surface area contributed by atoms with Crippen LogP contribution in [0.1, 0.15) is 36.9 Å². The van der Waals surface area contributed by atoms with E-state index in [4.69, 9.17) is 0 Å². The molecule has 1 aromatic heterocycles. The molecule has 0 aliphatic rings. The van der Waals surface area contributed by atoms with Gasteiger partial charge in [-0.2, -0.15) is 0 Å². The molecule has 0 radical (unpaired) electrons. The Morgan fingerprint density at radius 2 is 2.06 bits per heavy atom. The van der Waals surface area contributed by atoms with Gasteiger partial charge in [-0.3, -0.25) is 4.79 Å². The Hall–Kier alpha value is -0.870. The van der Waals surface area contributed by atoms with Crippen LogP contribution < -0.4 is 10.6 Å². The Balaban J connectivity index is 2.13. The maximum absolute atomic E-state index is 11.4. The number of amides is 1. The Bertz CT molecular complexity index is 347. The molecule has 0 aromatic carbocycles. The van der Waals surface area contributed by atoms with Crippen LogP contribution in [0, 0.1) is 0 Å². The summed E-state index contributed by atoms with van der Waals surface area (Å²) >= 11 is 1.84. The summed E-state index contributed by atoms with van der Waals surface area (Å²) in [5, 5.41) is 6.17. The average Bonchev–Trinajstić information content (AvgIpc) is 2.71. The van der Waals surface area contributed by atoms with Crippen molar-refractivity contribution in [3.63, 3.8) is 0 Å². The molecule has 96 valence electrons. The molecule has 0 bridgehead atoms. The monoisotopic (exact) mass is 254 g/mol. The lowest BCUT2D eigenvalue weighted by molar-refractivity contribution is -0.121. The third-order valence-electron chi connectivity index (χ3n) is 2.34. The fourth-order valence-corrected chi connectivity index (χ4v) is 2.44. The molecule has 0 spiro atoms. The number of thiophene rings is 1. The summed E-state index contributed by atoms with van der Waals surface area (Å²) in [5.74, 6) is 0.118. The van der Waals surface area contributed by atoms with Gasteiger partial charge < -0.3 is 10.6 Å². The molecule has 0 unspecified atom stereocenters. The zero-order valence-electron chi connectivity index (χ0n) is 10.9. The average molecular weight is 254 g/mol. The van der Waals surface area contributed by atoms with Gasteiger partial charge in [-0.25, -0.2) is 0 Å². The maximum Gasteiger partial charge on any atom is 0.221 e. The Morgan fingerprint density at radius 3 is 2.65 bits per heavy atom. The fourth-order valence-electron chi connectivity index (χ4n) is 1.52. The van der Waals surface area contributed by atoms with E-state index in [0.717, 1.165) is 19.5 Å². The van der Waals surface area contributed by atoms with Crippen molar-refractivity contribution in [3.05, 3.63) is 21.9 Å². The summed E-state index contributed by atoms with van der Waals surface area (Å²) < 4.78 is 0. The van der Waals surface area contributed by atoms with Crippen LogP contribution >= 0.6 is 11.3 Å². The van der Waals surface area contributed by atoms with Crippen LogP contribution in [0.15, 0.2) is 12.1 Å². The van der Waals surface area contributed by atoms with Crippen LogP contribution in [0.25, 0.3) is 0 Å². The Kier molecular flexibility index (Phi) is 6.22. The summed E-state index contributed by atoms with van der Waals surface area (Å²) in [4.78, 5) is 14.1. The van der Waals surface area contributed by atoms with E-state index in [2.05, 4.69) is 29.7 Å². The molecule has 1 heterocycles. The van der Waals surface area contributed by atoms with E-state index in [1.807, 2.05) is 25.2 Å². The third-order valence-corrected chi connectivity index (χ3v) is 3.57. The summed E-state index contributed by atoms with van der Waals surface area (Å²) in [6.45, 7) is 7.71. The molecule has 0 atom stereocenters. The smallest absolute Gasteiger partial charge is 0.221 e. The normalized spacial score (nSPS) is 10.8. The predicted octanol–water partition coefficient (Wildman–Crippen LogP) is 2.31. The molecular formula is C13H22N2OS. The van der Waals surface area contributed by atoms with Gasteiger partial charge in [0.05, 0.1) is 0 Å². The molecule has 1 aromatic rings. The first-order chi connectivity index (χ1) is 8.11. The summed E-state index contributed by atoms with van der Waals surface area (Å²) in [6, 6.07) is 4.56. The molecule has 1 rings (SSSR count). The topological polar surface area (TPSA) is 41.1 Å². The SMILES string of the molecule is CCc1ccc(CNCCC(=O)NC(C)C)s1. The van der Waals surface area contributed by atoms with Gasteiger partial charge in [-0.1, -0.05) is 6.92 Å². The minimum atomic E-state index is 0.118. The van der Waals surface area contributed by atoms with Crippen molar-refractivity contribution in [2.45, 2.75) is 46.2 Å². The van der Waals surface area contributed by atoms with E-state index in [1.54, 1.807) is 0 Å². The number of carbonyl (C=O) groups is 1. The van der Waals surface area contributed by atoms with Crippen molar-refractivity contribution in [1.29, 1.82) is 0 Å².